The van der Waals surface area contributed by atoms with Crippen LogP contribution in [0.3, 0.4) is 0 Å². The molecule has 1 saturated heterocycles. The molecule has 0 bridgehead atoms. The molecule has 1 aliphatic heterocycles. The van der Waals surface area contributed by atoms with Gasteiger partial charge in [0.15, 0.2) is 0 Å². The van der Waals surface area contributed by atoms with Gasteiger partial charge in [-0.3, -0.25) is 14.5 Å². The van der Waals surface area contributed by atoms with Crippen molar-refractivity contribution in [3.8, 4) is 11.5 Å². The van der Waals surface area contributed by atoms with Crippen LogP contribution in [0.5, 0.6) is 11.5 Å². The van der Waals surface area contributed by atoms with Crippen molar-refractivity contribution in [3.63, 3.8) is 0 Å². The minimum absolute atomic E-state index is 0.210. The number of carbonyl (C=O) groups is 2. The summed E-state index contributed by atoms with van der Waals surface area (Å²) in [5, 5.41) is -0.281. The first-order chi connectivity index (χ1) is 15.6. The number of nitrogens with zero attached hydrogens (tertiary/aromatic N) is 1. The summed E-state index contributed by atoms with van der Waals surface area (Å²) in [6, 6.07) is 25.0. The van der Waals surface area contributed by atoms with Crippen LogP contribution in [0.2, 0.25) is 0 Å². The monoisotopic (exact) mass is 445 g/mol. The van der Waals surface area contributed by atoms with Crippen molar-refractivity contribution < 1.29 is 19.1 Å². The van der Waals surface area contributed by atoms with Crippen LogP contribution < -0.4 is 9.47 Å². The van der Waals surface area contributed by atoms with Gasteiger partial charge in [-0.05, 0) is 60.2 Å². The second-order valence-electron chi connectivity index (χ2n) is 7.34. The Bertz CT molecular complexity index is 1110. The molecule has 1 aliphatic rings. The van der Waals surface area contributed by atoms with Gasteiger partial charge in [-0.2, -0.15) is 0 Å². The van der Waals surface area contributed by atoms with Crippen LogP contribution in [-0.2, 0) is 11.4 Å². The van der Waals surface area contributed by atoms with E-state index in [4.69, 9.17) is 9.47 Å². The predicted octanol–water partition coefficient (Wildman–Crippen LogP) is 5.69. The first kappa shape index (κ1) is 21.7. The number of ether oxygens (including phenoxy) is 2. The molecule has 1 fully saturated rings. The second-order valence-corrected chi connectivity index (χ2v) is 8.33. The highest BCUT2D eigenvalue weighted by atomic mass is 32.2. The second kappa shape index (κ2) is 10.2. The summed E-state index contributed by atoms with van der Waals surface area (Å²) in [6.07, 6.45) is 1.73. The van der Waals surface area contributed by atoms with Crippen molar-refractivity contribution in [1.82, 2.24) is 4.90 Å². The topological polar surface area (TPSA) is 55.8 Å². The minimum Gasteiger partial charge on any atom is -0.492 e. The van der Waals surface area contributed by atoms with E-state index in [1.807, 2.05) is 85.8 Å². The van der Waals surface area contributed by atoms with E-state index in [1.165, 1.54) is 4.90 Å². The van der Waals surface area contributed by atoms with Crippen molar-refractivity contribution in [2.24, 2.45) is 0 Å². The zero-order valence-corrected chi connectivity index (χ0v) is 18.5. The molecule has 162 valence electrons. The fraction of sp³-hybridized carbons (Fsp3) is 0.154. The Balaban J connectivity index is 1.32. The summed E-state index contributed by atoms with van der Waals surface area (Å²) in [4.78, 5) is 26.6. The third-order valence-corrected chi connectivity index (χ3v) is 5.81. The normalized spacial score (nSPS) is 14.8. The average Bonchev–Trinajstić information content (AvgIpc) is 3.08. The van der Waals surface area contributed by atoms with Crippen LogP contribution in [-0.4, -0.2) is 29.2 Å². The van der Waals surface area contributed by atoms with Gasteiger partial charge in [0.2, 0.25) is 0 Å². The number of rotatable bonds is 8. The van der Waals surface area contributed by atoms with Gasteiger partial charge in [-0.15, -0.1) is 0 Å². The first-order valence-electron chi connectivity index (χ1n) is 10.3. The van der Waals surface area contributed by atoms with E-state index >= 15 is 0 Å². The number of hydrogen-bond donors (Lipinski definition) is 0. The molecule has 0 aromatic heterocycles. The molecule has 2 amide bonds. The largest absolute Gasteiger partial charge is 0.492 e. The van der Waals surface area contributed by atoms with Gasteiger partial charge in [-0.1, -0.05) is 60.2 Å². The van der Waals surface area contributed by atoms with Gasteiger partial charge in [0.05, 0.1) is 11.4 Å². The maximum atomic E-state index is 12.7. The van der Waals surface area contributed by atoms with E-state index < -0.39 is 0 Å². The van der Waals surface area contributed by atoms with Gasteiger partial charge in [0.1, 0.15) is 24.7 Å². The smallest absolute Gasteiger partial charge is 0.293 e. The molecule has 0 spiro atoms. The zero-order chi connectivity index (χ0) is 22.3. The van der Waals surface area contributed by atoms with Crippen LogP contribution >= 0.6 is 11.8 Å². The maximum Gasteiger partial charge on any atom is 0.293 e. The van der Waals surface area contributed by atoms with Crippen molar-refractivity contribution in [3.05, 3.63) is 100 Å². The molecule has 5 nitrogen and oxygen atoms in total. The van der Waals surface area contributed by atoms with Gasteiger partial charge in [0.25, 0.3) is 11.1 Å². The summed E-state index contributed by atoms with van der Waals surface area (Å²) in [5.41, 5.74) is 3.07. The molecule has 0 saturated carbocycles. The summed E-state index contributed by atoms with van der Waals surface area (Å²) in [5.74, 6) is 1.16. The fourth-order valence-electron chi connectivity index (χ4n) is 3.13. The molecule has 0 unspecified atom stereocenters. The lowest BCUT2D eigenvalue weighted by molar-refractivity contribution is -0.123. The predicted molar refractivity (Wildman–Crippen MR) is 127 cm³/mol. The van der Waals surface area contributed by atoms with Gasteiger partial charge < -0.3 is 9.47 Å². The summed E-state index contributed by atoms with van der Waals surface area (Å²) < 4.78 is 11.4. The Morgan fingerprint density at radius 1 is 0.844 bits per heavy atom. The first-order valence-corrected chi connectivity index (χ1v) is 11.1. The quantitative estimate of drug-likeness (QED) is 0.417. The lowest BCUT2D eigenvalue weighted by Gasteiger charge is -2.13. The number of carbonyl (C=O) groups excluding carboxylic acids is 2. The van der Waals surface area contributed by atoms with E-state index in [1.54, 1.807) is 6.08 Å². The van der Waals surface area contributed by atoms with Gasteiger partial charge >= 0.3 is 0 Å². The number of thioether (sulfide) groups is 1. The lowest BCUT2D eigenvalue weighted by atomic mass is 10.2. The van der Waals surface area contributed by atoms with Crippen molar-refractivity contribution in [2.45, 2.75) is 13.5 Å². The van der Waals surface area contributed by atoms with Crippen LogP contribution in [0.4, 0.5) is 4.79 Å². The minimum atomic E-state index is -0.295. The van der Waals surface area contributed by atoms with E-state index in [2.05, 4.69) is 0 Å². The van der Waals surface area contributed by atoms with E-state index in [9.17, 15) is 9.59 Å². The van der Waals surface area contributed by atoms with Crippen molar-refractivity contribution >= 4 is 29.0 Å². The summed E-state index contributed by atoms with van der Waals surface area (Å²) in [6.45, 7) is 2.95. The lowest BCUT2D eigenvalue weighted by Crippen LogP contribution is -2.32. The Kier molecular flexibility index (Phi) is 6.92. The fourth-order valence-corrected chi connectivity index (χ4v) is 4.00. The van der Waals surface area contributed by atoms with E-state index in [-0.39, 0.29) is 24.3 Å². The van der Waals surface area contributed by atoms with Crippen molar-refractivity contribution in [1.29, 1.82) is 0 Å². The molecule has 0 N–H and O–H groups in total. The number of imide groups is 1. The molecular weight excluding hydrogens is 422 g/mol. The highest BCUT2D eigenvalue weighted by Gasteiger charge is 2.34. The Labute approximate surface area is 191 Å². The SMILES string of the molecule is Cc1ccc(OCCN2C(=O)S/C(=C\c3ccc(OCc4ccccc4)cc3)C2=O)cc1. The third kappa shape index (κ3) is 5.59. The highest BCUT2D eigenvalue weighted by Crippen LogP contribution is 2.32. The summed E-state index contributed by atoms with van der Waals surface area (Å²) >= 11 is 0.948. The molecule has 0 aliphatic carbocycles. The molecule has 32 heavy (non-hydrogen) atoms. The van der Waals surface area contributed by atoms with Crippen LogP contribution in [0.15, 0.2) is 83.8 Å². The number of amides is 2. The standard InChI is InChI=1S/C26H23NO4S/c1-19-7-11-22(12-8-19)30-16-15-27-25(28)24(32-26(27)29)17-20-9-13-23(14-10-20)31-18-21-5-3-2-4-6-21/h2-14,17H,15-16,18H2,1H3/b24-17-. The molecule has 0 atom stereocenters. The van der Waals surface area contributed by atoms with Gasteiger partial charge in [0, 0.05) is 0 Å². The Morgan fingerprint density at radius 2 is 1.50 bits per heavy atom. The van der Waals surface area contributed by atoms with Crippen LogP contribution in [0, 0.1) is 6.92 Å². The maximum absolute atomic E-state index is 12.7. The van der Waals surface area contributed by atoms with Crippen LogP contribution in [0.1, 0.15) is 16.7 Å². The van der Waals surface area contributed by atoms with E-state index in [0.717, 1.165) is 34.2 Å². The molecule has 1 heterocycles. The molecule has 4 rings (SSSR count). The molecule has 0 radical (unpaired) electrons. The molecule has 6 heteroatoms. The van der Waals surface area contributed by atoms with Gasteiger partial charge in [-0.25, -0.2) is 0 Å². The Morgan fingerprint density at radius 3 is 2.22 bits per heavy atom. The summed E-state index contributed by atoms with van der Waals surface area (Å²) in [7, 11) is 0. The third-order valence-electron chi connectivity index (χ3n) is 4.90. The molecule has 3 aromatic rings. The number of hydrogen-bond acceptors (Lipinski definition) is 5. The van der Waals surface area contributed by atoms with Crippen LogP contribution in [0.25, 0.3) is 6.08 Å². The van der Waals surface area contributed by atoms with E-state index in [0.29, 0.717) is 17.3 Å². The molecule has 3 aromatic carbocycles. The average molecular weight is 446 g/mol. The number of benzene rings is 3. The number of aryl methyl sites for hydroxylation is 1. The highest BCUT2D eigenvalue weighted by molar-refractivity contribution is 8.18. The zero-order valence-electron chi connectivity index (χ0n) is 17.7. The molecular formula is C26H23NO4S. The Hall–Kier alpha value is -3.51. The van der Waals surface area contributed by atoms with Crippen molar-refractivity contribution in [2.75, 3.05) is 13.2 Å².